The predicted octanol–water partition coefficient (Wildman–Crippen LogP) is 2.30. The molecule has 5 atom stereocenters. The summed E-state index contributed by atoms with van der Waals surface area (Å²) in [5.74, 6) is 6.11. The minimum atomic E-state index is 1.19. The van der Waals surface area contributed by atoms with Gasteiger partial charge in [-0.3, -0.25) is 0 Å². The van der Waals surface area contributed by atoms with E-state index in [1.807, 2.05) is 0 Å². The van der Waals surface area contributed by atoms with Crippen molar-refractivity contribution in [3.63, 3.8) is 0 Å². The lowest BCUT2D eigenvalue weighted by Crippen LogP contribution is -1.86. The van der Waals surface area contributed by atoms with Crippen molar-refractivity contribution in [2.24, 2.45) is 29.6 Å². The maximum atomic E-state index is 2.36. The molecule has 0 spiro atoms. The molecule has 0 heterocycles. The smallest absolute Gasteiger partial charge is 0.0321 e. The molecule has 3 fully saturated rings. The van der Waals surface area contributed by atoms with Gasteiger partial charge in [-0.25, -0.2) is 0 Å². The highest BCUT2D eigenvalue weighted by Crippen LogP contribution is 2.73. The Balaban J connectivity index is 1.79. The summed E-state index contributed by atoms with van der Waals surface area (Å²) in [6.45, 7) is 2.36. The van der Waals surface area contributed by atoms with E-state index < -0.39 is 0 Å². The maximum absolute atomic E-state index is 2.36. The fraction of sp³-hybridized carbons (Fsp3) is 1.00. The van der Waals surface area contributed by atoms with E-state index in [0.717, 1.165) is 0 Å². The molecule has 0 amide bonds. The molecule has 4 unspecified atom stereocenters. The van der Waals surface area contributed by atoms with Gasteiger partial charge in [-0.05, 0) is 42.4 Å². The van der Waals surface area contributed by atoms with Gasteiger partial charge in [-0.15, -0.1) is 0 Å². The summed E-state index contributed by atoms with van der Waals surface area (Å²) in [5.41, 5.74) is 0. The minimum Gasteiger partial charge on any atom is -0.0651 e. The number of fused-ring (bicyclic) bond motifs is 3. The van der Waals surface area contributed by atoms with E-state index in [4.69, 9.17) is 0 Å². The second-order valence-electron chi connectivity index (χ2n) is 4.21. The Kier molecular flexibility index (Phi) is 0.640. The molecule has 3 aliphatic carbocycles. The van der Waals surface area contributed by atoms with Crippen LogP contribution in [0.5, 0.6) is 0 Å². The first-order chi connectivity index (χ1) is 4.42. The lowest BCUT2D eigenvalue weighted by Gasteiger charge is -1.94. The van der Waals surface area contributed by atoms with Crippen LogP contribution in [0.25, 0.3) is 0 Å². The van der Waals surface area contributed by atoms with Crippen molar-refractivity contribution in [2.75, 3.05) is 0 Å². The zero-order valence-corrected chi connectivity index (χ0v) is 6.01. The summed E-state index contributed by atoms with van der Waals surface area (Å²) in [5, 5.41) is 0. The first-order valence-electron chi connectivity index (χ1n) is 4.42. The Hall–Kier alpha value is 0. The normalized spacial score (nSPS) is 67.0. The molecular weight excluding hydrogens is 108 g/mol. The largest absolute Gasteiger partial charge is 0.0651 e. The zero-order chi connectivity index (χ0) is 6.01. The summed E-state index contributed by atoms with van der Waals surface area (Å²) in [6, 6.07) is 0. The molecule has 0 aliphatic heterocycles. The monoisotopic (exact) mass is 122 g/mol. The third kappa shape index (κ3) is 0.426. The molecule has 0 aromatic rings. The van der Waals surface area contributed by atoms with Crippen LogP contribution in [0.3, 0.4) is 0 Å². The molecular formula is C9H14. The first-order valence-corrected chi connectivity index (χ1v) is 4.42. The summed E-state index contributed by atoms with van der Waals surface area (Å²) < 4.78 is 0. The molecule has 9 heavy (non-hydrogen) atoms. The van der Waals surface area contributed by atoms with Crippen molar-refractivity contribution in [1.82, 2.24) is 0 Å². The van der Waals surface area contributed by atoms with E-state index in [0.29, 0.717) is 0 Å². The van der Waals surface area contributed by atoms with E-state index in [1.165, 1.54) is 36.0 Å². The van der Waals surface area contributed by atoms with Crippen molar-refractivity contribution in [3.8, 4) is 0 Å². The summed E-state index contributed by atoms with van der Waals surface area (Å²) >= 11 is 0. The average molecular weight is 122 g/mol. The molecule has 0 bridgehead atoms. The molecule has 50 valence electrons. The van der Waals surface area contributed by atoms with Crippen molar-refractivity contribution < 1.29 is 0 Å². The lowest BCUT2D eigenvalue weighted by atomic mass is 10.1. The zero-order valence-electron chi connectivity index (χ0n) is 6.01. The molecule has 3 rings (SSSR count). The van der Waals surface area contributed by atoms with Crippen LogP contribution >= 0.6 is 0 Å². The first kappa shape index (κ1) is 4.76. The van der Waals surface area contributed by atoms with Gasteiger partial charge in [0.25, 0.3) is 0 Å². The molecule has 0 aromatic carbocycles. The Morgan fingerprint density at radius 1 is 1.22 bits per heavy atom. The SMILES string of the molecule is CCC1C2C3CC3C[C@@H]12. The molecule has 0 saturated heterocycles. The van der Waals surface area contributed by atoms with Crippen molar-refractivity contribution in [1.29, 1.82) is 0 Å². The topological polar surface area (TPSA) is 0 Å². The van der Waals surface area contributed by atoms with Gasteiger partial charge in [-0.2, -0.15) is 0 Å². The van der Waals surface area contributed by atoms with Crippen LogP contribution in [0.4, 0.5) is 0 Å². The van der Waals surface area contributed by atoms with Crippen molar-refractivity contribution in [2.45, 2.75) is 26.2 Å². The van der Waals surface area contributed by atoms with Crippen LogP contribution in [0.2, 0.25) is 0 Å². The van der Waals surface area contributed by atoms with Gasteiger partial charge in [0.2, 0.25) is 0 Å². The van der Waals surface area contributed by atoms with Crippen LogP contribution in [-0.2, 0) is 0 Å². The van der Waals surface area contributed by atoms with Gasteiger partial charge >= 0.3 is 0 Å². The van der Waals surface area contributed by atoms with E-state index in [-0.39, 0.29) is 0 Å². The second-order valence-corrected chi connectivity index (χ2v) is 4.21. The third-order valence-corrected chi connectivity index (χ3v) is 3.92. The van der Waals surface area contributed by atoms with Gasteiger partial charge < -0.3 is 0 Å². The molecule has 0 nitrogen and oxygen atoms in total. The van der Waals surface area contributed by atoms with Gasteiger partial charge in [0.05, 0.1) is 0 Å². The van der Waals surface area contributed by atoms with E-state index in [2.05, 4.69) is 6.92 Å². The fourth-order valence-electron chi connectivity index (χ4n) is 3.38. The number of rotatable bonds is 1. The summed E-state index contributed by atoms with van der Waals surface area (Å²) in [4.78, 5) is 0. The number of hydrogen-bond donors (Lipinski definition) is 0. The Bertz CT molecular complexity index is 146. The highest BCUT2D eigenvalue weighted by atomic mass is 14.7. The van der Waals surface area contributed by atoms with E-state index >= 15 is 0 Å². The van der Waals surface area contributed by atoms with E-state index in [9.17, 15) is 0 Å². The van der Waals surface area contributed by atoms with Crippen molar-refractivity contribution >= 4 is 0 Å². The summed E-state index contributed by atoms with van der Waals surface area (Å²) in [7, 11) is 0. The third-order valence-electron chi connectivity index (χ3n) is 3.92. The maximum Gasteiger partial charge on any atom is -0.0321 e. The highest BCUT2D eigenvalue weighted by Gasteiger charge is 2.66. The van der Waals surface area contributed by atoms with Crippen molar-refractivity contribution in [3.05, 3.63) is 0 Å². The van der Waals surface area contributed by atoms with Crippen LogP contribution in [-0.4, -0.2) is 0 Å². The predicted molar refractivity (Wildman–Crippen MR) is 37.0 cm³/mol. The van der Waals surface area contributed by atoms with Gasteiger partial charge in [0.1, 0.15) is 0 Å². The van der Waals surface area contributed by atoms with Crippen LogP contribution in [0.15, 0.2) is 0 Å². The van der Waals surface area contributed by atoms with Crippen LogP contribution < -0.4 is 0 Å². The molecule has 3 aliphatic rings. The van der Waals surface area contributed by atoms with Gasteiger partial charge in [0, 0.05) is 0 Å². The quantitative estimate of drug-likeness (QED) is 0.500. The molecule has 3 saturated carbocycles. The Morgan fingerprint density at radius 2 is 2.00 bits per heavy atom. The molecule has 0 radical (unpaired) electrons. The van der Waals surface area contributed by atoms with Gasteiger partial charge in [-0.1, -0.05) is 13.3 Å². The number of hydrogen-bond acceptors (Lipinski definition) is 0. The standard InChI is InChI=1S/C9H14/c1-2-6-8-4-5-3-7(5)9(6)8/h5-9H,2-4H2,1H3/t5?,6?,7?,8-,9?/m0/s1. The Labute approximate surface area is 56.6 Å². The molecule has 0 aromatic heterocycles. The fourth-order valence-corrected chi connectivity index (χ4v) is 3.38. The van der Waals surface area contributed by atoms with Crippen LogP contribution in [0, 0.1) is 29.6 Å². The second kappa shape index (κ2) is 1.21. The Morgan fingerprint density at radius 3 is 2.56 bits per heavy atom. The molecule has 0 heteroatoms. The highest BCUT2D eigenvalue weighted by molar-refractivity contribution is 5.14. The molecule has 0 N–H and O–H groups in total. The average Bonchev–Trinajstić information content (AvgIpc) is 2.72. The lowest BCUT2D eigenvalue weighted by molar-refractivity contribution is 0.556. The van der Waals surface area contributed by atoms with E-state index in [1.54, 1.807) is 12.8 Å². The summed E-state index contributed by atoms with van der Waals surface area (Å²) in [6.07, 6.45) is 4.70. The van der Waals surface area contributed by atoms with Crippen LogP contribution in [0.1, 0.15) is 26.2 Å². The van der Waals surface area contributed by atoms with Gasteiger partial charge in [0.15, 0.2) is 0 Å². The minimum absolute atomic E-state index is 1.19.